The molecule has 0 radical (unpaired) electrons. The number of carbonyl (C=O) groups excluding carboxylic acids is 3. The first-order chi connectivity index (χ1) is 13.4. The number of rotatable bonds is 7. The van der Waals surface area contributed by atoms with Crippen LogP contribution in [0.1, 0.15) is 20.7 Å². The summed E-state index contributed by atoms with van der Waals surface area (Å²) in [5, 5.41) is 13.4. The van der Waals surface area contributed by atoms with Gasteiger partial charge in [-0.15, -0.1) is 0 Å². The molecule has 0 fully saturated rings. The molecule has 28 heavy (non-hydrogen) atoms. The molecule has 0 aliphatic heterocycles. The van der Waals surface area contributed by atoms with Crippen molar-refractivity contribution in [3.05, 3.63) is 63.7 Å². The van der Waals surface area contributed by atoms with Crippen molar-refractivity contribution < 1.29 is 33.5 Å². The standard InChI is InChI=1S/C18H16N2O8/c1-26-11-7-8-14(15(9-11)20(24)25)19-16(21)10-28-18(23)13-6-4-3-5-12(13)17(22)27-2/h3-9H,10H2,1-2H3,(H,19,21). The molecule has 0 spiro atoms. The van der Waals surface area contributed by atoms with Crippen LogP contribution in [0.15, 0.2) is 42.5 Å². The Hall–Kier alpha value is -3.95. The lowest BCUT2D eigenvalue weighted by Crippen LogP contribution is -2.22. The Balaban J connectivity index is 2.07. The lowest BCUT2D eigenvalue weighted by atomic mass is 10.1. The molecule has 10 nitrogen and oxygen atoms in total. The van der Waals surface area contributed by atoms with Crippen LogP contribution in [-0.2, 0) is 14.3 Å². The van der Waals surface area contributed by atoms with Crippen molar-refractivity contribution in [1.82, 2.24) is 0 Å². The number of hydrogen-bond acceptors (Lipinski definition) is 8. The number of benzene rings is 2. The van der Waals surface area contributed by atoms with Crippen LogP contribution in [0, 0.1) is 10.1 Å². The van der Waals surface area contributed by atoms with Crippen molar-refractivity contribution in [2.24, 2.45) is 0 Å². The SMILES string of the molecule is COC(=O)c1ccccc1C(=O)OCC(=O)Nc1ccc(OC)cc1[N+](=O)[O-]. The Morgan fingerprint density at radius 2 is 1.68 bits per heavy atom. The lowest BCUT2D eigenvalue weighted by molar-refractivity contribution is -0.384. The van der Waals surface area contributed by atoms with E-state index in [0.717, 1.165) is 6.07 Å². The maximum atomic E-state index is 12.2. The van der Waals surface area contributed by atoms with Gasteiger partial charge in [0.15, 0.2) is 6.61 Å². The van der Waals surface area contributed by atoms with Crippen molar-refractivity contribution in [1.29, 1.82) is 0 Å². The summed E-state index contributed by atoms with van der Waals surface area (Å²) >= 11 is 0. The second kappa shape index (κ2) is 9.12. The summed E-state index contributed by atoms with van der Waals surface area (Å²) in [5.74, 6) is -2.20. The number of nitrogens with one attached hydrogen (secondary N) is 1. The molecular formula is C18H16N2O8. The van der Waals surface area contributed by atoms with Crippen LogP contribution in [0.3, 0.4) is 0 Å². The van der Waals surface area contributed by atoms with E-state index >= 15 is 0 Å². The molecule has 0 atom stereocenters. The van der Waals surface area contributed by atoms with Gasteiger partial charge in [0.25, 0.3) is 11.6 Å². The quantitative estimate of drug-likeness (QED) is 0.433. The number of nitro groups is 1. The molecule has 0 aliphatic carbocycles. The molecular weight excluding hydrogens is 372 g/mol. The number of amides is 1. The van der Waals surface area contributed by atoms with Crippen molar-refractivity contribution in [3.63, 3.8) is 0 Å². The van der Waals surface area contributed by atoms with Gasteiger partial charge in [-0.05, 0) is 24.3 Å². The second-order valence-electron chi connectivity index (χ2n) is 5.30. The fraction of sp³-hybridized carbons (Fsp3) is 0.167. The van der Waals surface area contributed by atoms with Gasteiger partial charge < -0.3 is 19.5 Å². The predicted molar refractivity (Wildman–Crippen MR) is 96.3 cm³/mol. The molecule has 0 bridgehead atoms. The monoisotopic (exact) mass is 388 g/mol. The Kier molecular flexibility index (Phi) is 6.63. The number of anilines is 1. The van der Waals surface area contributed by atoms with Gasteiger partial charge in [0.2, 0.25) is 0 Å². The van der Waals surface area contributed by atoms with Crippen LogP contribution in [-0.4, -0.2) is 43.6 Å². The molecule has 0 heterocycles. The minimum Gasteiger partial charge on any atom is -0.496 e. The minimum atomic E-state index is -0.916. The second-order valence-corrected chi connectivity index (χ2v) is 5.30. The fourth-order valence-corrected chi connectivity index (χ4v) is 2.24. The molecule has 0 aromatic heterocycles. The molecule has 2 aromatic carbocycles. The molecule has 0 unspecified atom stereocenters. The van der Waals surface area contributed by atoms with Crippen LogP contribution in [0.25, 0.3) is 0 Å². The Bertz CT molecular complexity index is 926. The van der Waals surface area contributed by atoms with E-state index in [-0.39, 0.29) is 28.3 Å². The topological polar surface area (TPSA) is 134 Å². The molecule has 0 saturated heterocycles. The molecule has 1 N–H and O–H groups in total. The third kappa shape index (κ3) is 4.81. The van der Waals surface area contributed by atoms with Crippen LogP contribution < -0.4 is 10.1 Å². The highest BCUT2D eigenvalue weighted by Gasteiger charge is 2.21. The van der Waals surface area contributed by atoms with Gasteiger partial charge in [0.05, 0.1) is 36.3 Å². The van der Waals surface area contributed by atoms with Crippen LogP contribution >= 0.6 is 0 Å². The smallest absolute Gasteiger partial charge is 0.339 e. The zero-order chi connectivity index (χ0) is 20.7. The zero-order valence-electron chi connectivity index (χ0n) is 15.0. The zero-order valence-corrected chi connectivity index (χ0v) is 15.0. The van der Waals surface area contributed by atoms with Crippen molar-refractivity contribution in [2.45, 2.75) is 0 Å². The van der Waals surface area contributed by atoms with E-state index < -0.39 is 29.4 Å². The summed E-state index contributed by atoms with van der Waals surface area (Å²) in [7, 11) is 2.52. The number of hydrogen-bond donors (Lipinski definition) is 1. The molecule has 0 saturated carbocycles. The normalized spacial score (nSPS) is 9.93. The maximum absolute atomic E-state index is 12.2. The Morgan fingerprint density at radius 3 is 2.25 bits per heavy atom. The molecule has 2 aromatic rings. The van der Waals surface area contributed by atoms with Crippen LogP contribution in [0.5, 0.6) is 5.75 Å². The highest BCUT2D eigenvalue weighted by atomic mass is 16.6. The summed E-state index contributed by atoms with van der Waals surface area (Å²) in [6.45, 7) is -0.711. The summed E-state index contributed by atoms with van der Waals surface area (Å²) in [6, 6.07) is 9.66. The summed E-state index contributed by atoms with van der Waals surface area (Å²) in [6.07, 6.45) is 0. The largest absolute Gasteiger partial charge is 0.496 e. The molecule has 10 heteroatoms. The number of ether oxygens (including phenoxy) is 3. The maximum Gasteiger partial charge on any atom is 0.339 e. The highest BCUT2D eigenvalue weighted by molar-refractivity contribution is 6.04. The van der Waals surface area contributed by atoms with E-state index in [9.17, 15) is 24.5 Å². The number of esters is 2. The Morgan fingerprint density at radius 1 is 1.04 bits per heavy atom. The van der Waals surface area contributed by atoms with E-state index in [0.29, 0.717) is 0 Å². The predicted octanol–water partition coefficient (Wildman–Crippen LogP) is 2.19. The van der Waals surface area contributed by atoms with Gasteiger partial charge in [-0.25, -0.2) is 9.59 Å². The number of nitro benzene ring substituents is 1. The minimum absolute atomic E-state index is 0.0128. The van der Waals surface area contributed by atoms with Crippen molar-refractivity contribution >= 4 is 29.2 Å². The summed E-state index contributed by atoms with van der Waals surface area (Å²) in [4.78, 5) is 46.3. The first-order valence-corrected chi connectivity index (χ1v) is 7.84. The highest BCUT2D eigenvalue weighted by Crippen LogP contribution is 2.28. The van der Waals surface area contributed by atoms with Crippen LogP contribution in [0.2, 0.25) is 0 Å². The van der Waals surface area contributed by atoms with Crippen LogP contribution in [0.4, 0.5) is 11.4 Å². The Labute approximate surface area is 159 Å². The third-order valence-electron chi connectivity index (χ3n) is 3.56. The summed E-state index contributed by atoms with van der Waals surface area (Å²) in [5.41, 5.74) is -0.546. The van der Waals surface area contributed by atoms with Gasteiger partial charge in [-0.2, -0.15) is 0 Å². The van der Waals surface area contributed by atoms with Gasteiger partial charge in [-0.3, -0.25) is 14.9 Å². The van der Waals surface area contributed by atoms with E-state index in [1.807, 2.05) is 0 Å². The van der Waals surface area contributed by atoms with Crippen molar-refractivity contribution in [2.75, 3.05) is 26.1 Å². The van der Waals surface area contributed by atoms with Gasteiger partial charge in [0, 0.05) is 0 Å². The van der Waals surface area contributed by atoms with Gasteiger partial charge in [0.1, 0.15) is 11.4 Å². The van der Waals surface area contributed by atoms with E-state index in [1.54, 1.807) is 6.07 Å². The van der Waals surface area contributed by atoms with Crippen molar-refractivity contribution in [3.8, 4) is 5.75 Å². The number of methoxy groups -OCH3 is 2. The van der Waals surface area contributed by atoms with E-state index in [2.05, 4.69) is 10.1 Å². The average molecular weight is 388 g/mol. The number of carbonyl (C=O) groups is 3. The molecule has 2 rings (SSSR count). The van der Waals surface area contributed by atoms with Gasteiger partial charge >= 0.3 is 11.9 Å². The number of nitrogens with zero attached hydrogens (tertiary/aromatic N) is 1. The summed E-state index contributed by atoms with van der Waals surface area (Å²) < 4.78 is 14.4. The van der Waals surface area contributed by atoms with E-state index in [4.69, 9.17) is 9.47 Å². The molecule has 1 amide bonds. The molecule has 0 aliphatic rings. The van der Waals surface area contributed by atoms with Gasteiger partial charge in [-0.1, -0.05) is 12.1 Å². The molecule has 146 valence electrons. The van der Waals surface area contributed by atoms with E-state index in [1.165, 1.54) is 44.6 Å². The third-order valence-corrected chi connectivity index (χ3v) is 3.56. The lowest BCUT2D eigenvalue weighted by Gasteiger charge is -2.09. The average Bonchev–Trinajstić information content (AvgIpc) is 2.71. The first-order valence-electron chi connectivity index (χ1n) is 7.84. The first kappa shape index (κ1) is 20.4. The fourth-order valence-electron chi connectivity index (χ4n) is 2.24.